The van der Waals surface area contributed by atoms with Crippen molar-refractivity contribution in [1.29, 1.82) is 0 Å². The highest BCUT2D eigenvalue weighted by molar-refractivity contribution is 7.03. The second kappa shape index (κ2) is 8.02. The highest BCUT2D eigenvalue weighted by Crippen LogP contribution is 2.41. The van der Waals surface area contributed by atoms with Gasteiger partial charge < -0.3 is 4.42 Å². The molecule has 5 heteroatoms. The molecule has 0 fully saturated rings. The Labute approximate surface area is 237 Å². The van der Waals surface area contributed by atoms with Crippen LogP contribution < -0.4 is 10.5 Å². The van der Waals surface area contributed by atoms with Crippen LogP contribution in [-0.2, 0) is 0 Å². The summed E-state index contributed by atoms with van der Waals surface area (Å²) in [7, 11) is -2.07. The molecule has 0 N–H and O–H groups in total. The average molecular weight is 544 g/mol. The third-order valence-corrected chi connectivity index (χ3v) is 12.1. The van der Waals surface area contributed by atoms with E-state index < -0.39 is 8.07 Å². The van der Waals surface area contributed by atoms with Crippen LogP contribution in [0.15, 0.2) is 120 Å². The Morgan fingerprint density at radius 2 is 1.34 bits per heavy atom. The van der Waals surface area contributed by atoms with Crippen molar-refractivity contribution < 1.29 is 4.42 Å². The summed E-state index contributed by atoms with van der Waals surface area (Å²) in [5.41, 5.74) is 7.44. The molecule has 0 spiro atoms. The molecule has 0 amide bonds. The monoisotopic (exact) mass is 543 g/mol. The fraction of sp³-hybridized carbons (Fsp3) is 0.0556. The summed E-state index contributed by atoms with van der Waals surface area (Å²) in [6.45, 7) is 4.82. The van der Waals surface area contributed by atoms with Crippen molar-refractivity contribution >= 4 is 62.3 Å². The van der Waals surface area contributed by atoms with Gasteiger partial charge in [0.2, 0.25) is 0 Å². The van der Waals surface area contributed by atoms with Crippen molar-refractivity contribution in [1.82, 2.24) is 14.5 Å². The minimum absolute atomic E-state index is 0.767. The lowest BCUT2D eigenvalue weighted by Crippen LogP contribution is -2.51. The molecule has 0 radical (unpaired) electrons. The number of furan rings is 1. The van der Waals surface area contributed by atoms with E-state index >= 15 is 0 Å². The first-order valence-electron chi connectivity index (χ1n) is 14.0. The van der Waals surface area contributed by atoms with Gasteiger partial charge in [0.05, 0.1) is 11.0 Å². The zero-order valence-electron chi connectivity index (χ0n) is 22.7. The Kier molecular flexibility index (Phi) is 4.46. The average Bonchev–Trinajstić information content (AvgIpc) is 3.62. The molecule has 0 aliphatic carbocycles. The summed E-state index contributed by atoms with van der Waals surface area (Å²) in [5, 5.41) is 7.27. The topological polar surface area (TPSA) is 43.9 Å². The maximum absolute atomic E-state index is 6.38. The van der Waals surface area contributed by atoms with Gasteiger partial charge >= 0.3 is 0 Å². The summed E-state index contributed by atoms with van der Waals surface area (Å²) < 4.78 is 8.73. The Hall–Kier alpha value is -5.00. The number of hydrogen-bond donors (Lipinski definition) is 0. The normalized spacial score (nSPS) is 13.8. The van der Waals surface area contributed by atoms with Gasteiger partial charge in [0, 0.05) is 44.1 Å². The molecule has 194 valence electrons. The summed E-state index contributed by atoms with van der Waals surface area (Å²) in [4.78, 5) is 10.7. The maximum Gasteiger partial charge on any atom is 0.161 e. The van der Waals surface area contributed by atoms with Crippen molar-refractivity contribution in [2.45, 2.75) is 13.1 Å². The highest BCUT2D eigenvalue weighted by atomic mass is 28.3. The molecule has 3 aromatic heterocycles. The fourth-order valence-corrected chi connectivity index (χ4v) is 9.72. The first-order valence-corrected chi connectivity index (χ1v) is 17.0. The summed E-state index contributed by atoms with van der Waals surface area (Å²) in [5.74, 6) is 1.70. The van der Waals surface area contributed by atoms with Gasteiger partial charge in [-0.2, -0.15) is 0 Å². The largest absolute Gasteiger partial charge is 0.456 e. The fourth-order valence-electron chi connectivity index (χ4n) is 6.82. The van der Waals surface area contributed by atoms with Crippen LogP contribution in [0.4, 0.5) is 0 Å². The zero-order valence-corrected chi connectivity index (χ0v) is 23.7. The maximum atomic E-state index is 6.38. The van der Waals surface area contributed by atoms with Gasteiger partial charge in [0.25, 0.3) is 0 Å². The van der Waals surface area contributed by atoms with Crippen molar-refractivity contribution in [3.63, 3.8) is 0 Å². The third kappa shape index (κ3) is 3.04. The first kappa shape index (κ1) is 22.8. The molecule has 0 saturated carbocycles. The second-order valence-electron chi connectivity index (χ2n) is 11.4. The summed E-state index contributed by atoms with van der Waals surface area (Å²) in [6.07, 6.45) is 0. The number of rotatable bonds is 2. The third-order valence-electron chi connectivity index (χ3n) is 8.77. The van der Waals surface area contributed by atoms with Gasteiger partial charge in [-0.05, 0) is 28.9 Å². The lowest BCUT2D eigenvalue weighted by Gasteiger charge is -2.19. The van der Waals surface area contributed by atoms with E-state index in [4.69, 9.17) is 14.4 Å². The van der Waals surface area contributed by atoms with Crippen LogP contribution in [0.1, 0.15) is 0 Å². The standard InChI is InChI=1S/C36H25N3OSi/c1-41(2)32-19-11-8-16-25(32)33-35(37-34(38-36(33)41)22-12-4-3-5-13-22)39-28-17-9-6-14-23(28)26-20-27-24-15-7-10-18-30(24)40-31(27)21-29(26)39/h3-21H,1-2H3. The van der Waals surface area contributed by atoms with Crippen LogP contribution in [-0.4, -0.2) is 22.6 Å². The van der Waals surface area contributed by atoms with Crippen molar-refractivity contribution in [2.75, 3.05) is 0 Å². The first-order chi connectivity index (χ1) is 20.1. The molecule has 5 aromatic carbocycles. The SMILES string of the molecule is C[Si]1(C)c2ccccc2-c2c(-n3c4ccccc4c4cc5c(cc43)oc3ccccc35)nc(-c3ccccc3)nc21. The molecule has 1 aliphatic heterocycles. The van der Waals surface area contributed by atoms with Gasteiger partial charge in [-0.25, -0.2) is 9.97 Å². The van der Waals surface area contributed by atoms with Crippen LogP contribution in [0.2, 0.25) is 13.1 Å². The molecule has 1 aliphatic rings. The number of para-hydroxylation sites is 2. The number of aromatic nitrogens is 3. The van der Waals surface area contributed by atoms with E-state index in [0.29, 0.717) is 0 Å². The van der Waals surface area contributed by atoms with E-state index in [1.807, 2.05) is 18.2 Å². The van der Waals surface area contributed by atoms with Crippen molar-refractivity contribution in [3.05, 3.63) is 115 Å². The van der Waals surface area contributed by atoms with Gasteiger partial charge in [-0.1, -0.05) is 104 Å². The van der Waals surface area contributed by atoms with Crippen LogP contribution in [0.25, 0.3) is 72.1 Å². The zero-order chi connectivity index (χ0) is 27.3. The molecule has 4 heterocycles. The quantitative estimate of drug-likeness (QED) is 0.208. The molecule has 4 nitrogen and oxygen atoms in total. The van der Waals surface area contributed by atoms with E-state index in [2.05, 4.69) is 115 Å². The van der Waals surface area contributed by atoms with E-state index in [-0.39, 0.29) is 0 Å². The Morgan fingerprint density at radius 1 is 0.610 bits per heavy atom. The molecule has 0 unspecified atom stereocenters. The van der Waals surface area contributed by atoms with Crippen LogP contribution in [0.3, 0.4) is 0 Å². The number of nitrogens with zero attached hydrogens (tertiary/aromatic N) is 3. The van der Waals surface area contributed by atoms with Gasteiger partial charge in [-0.3, -0.25) is 4.57 Å². The molecule has 9 rings (SSSR count). The lowest BCUT2D eigenvalue weighted by atomic mass is 10.1. The van der Waals surface area contributed by atoms with Gasteiger partial charge in [0.15, 0.2) is 5.82 Å². The van der Waals surface area contributed by atoms with E-state index in [9.17, 15) is 0 Å². The van der Waals surface area contributed by atoms with Crippen LogP contribution in [0.5, 0.6) is 0 Å². The Bertz CT molecular complexity index is 2350. The second-order valence-corrected chi connectivity index (χ2v) is 15.7. The summed E-state index contributed by atoms with van der Waals surface area (Å²) in [6, 6.07) is 40.6. The van der Waals surface area contributed by atoms with Crippen molar-refractivity contribution in [2.24, 2.45) is 0 Å². The highest BCUT2D eigenvalue weighted by Gasteiger charge is 2.42. The van der Waals surface area contributed by atoms with Gasteiger partial charge in [-0.15, -0.1) is 0 Å². The molecular formula is C36H25N3OSi. The minimum atomic E-state index is -2.07. The van der Waals surface area contributed by atoms with E-state index in [0.717, 1.165) is 55.7 Å². The molecule has 0 atom stereocenters. The molecule has 0 bridgehead atoms. The lowest BCUT2D eigenvalue weighted by molar-refractivity contribution is 0.669. The summed E-state index contributed by atoms with van der Waals surface area (Å²) >= 11 is 0. The Morgan fingerprint density at radius 3 is 2.22 bits per heavy atom. The van der Waals surface area contributed by atoms with Crippen molar-refractivity contribution in [3.8, 4) is 28.3 Å². The van der Waals surface area contributed by atoms with E-state index in [1.54, 1.807) is 0 Å². The molecule has 8 aromatic rings. The number of fused-ring (bicyclic) bond motifs is 9. The smallest absolute Gasteiger partial charge is 0.161 e. The van der Waals surface area contributed by atoms with E-state index in [1.165, 1.54) is 26.8 Å². The molecule has 41 heavy (non-hydrogen) atoms. The molecule has 0 saturated heterocycles. The number of benzene rings is 5. The minimum Gasteiger partial charge on any atom is -0.456 e. The van der Waals surface area contributed by atoms with Crippen LogP contribution in [0, 0.1) is 0 Å². The predicted molar refractivity (Wildman–Crippen MR) is 171 cm³/mol. The van der Waals surface area contributed by atoms with Gasteiger partial charge in [0.1, 0.15) is 25.1 Å². The number of hydrogen-bond acceptors (Lipinski definition) is 3. The van der Waals surface area contributed by atoms with Crippen LogP contribution >= 0.6 is 0 Å². The Balaban J connectivity index is 1.47. The molecular weight excluding hydrogens is 519 g/mol. The predicted octanol–water partition coefficient (Wildman–Crippen LogP) is 7.94.